The van der Waals surface area contributed by atoms with Gasteiger partial charge in [-0.25, -0.2) is 19.6 Å². The summed E-state index contributed by atoms with van der Waals surface area (Å²) in [6.07, 6.45) is -2.46. The van der Waals surface area contributed by atoms with Crippen LogP contribution in [-0.4, -0.2) is 73.2 Å². The molecular weight excluding hydrogens is 518 g/mol. The van der Waals surface area contributed by atoms with E-state index < -0.39 is 24.3 Å². The molecule has 3 heterocycles. The molecule has 0 aromatic carbocycles. The highest BCUT2D eigenvalue weighted by Gasteiger charge is 2.39. The Hall–Kier alpha value is -3.92. The number of anilines is 1. The number of rotatable bonds is 4. The van der Waals surface area contributed by atoms with Crippen molar-refractivity contribution >= 4 is 23.8 Å². The summed E-state index contributed by atoms with van der Waals surface area (Å²) >= 11 is 0. The van der Waals surface area contributed by atoms with Crippen LogP contribution in [0.2, 0.25) is 0 Å². The Morgan fingerprint density at radius 2 is 1.49 bits per heavy atom. The number of fused-ring (bicyclic) bond motifs is 1. The molecular formula is C20H22F6N6O5. The third-order valence-corrected chi connectivity index (χ3v) is 4.94. The van der Waals surface area contributed by atoms with Crippen LogP contribution in [0, 0.1) is 11.8 Å². The number of carboxylic acids is 2. The maximum atomic E-state index is 12.6. The lowest BCUT2D eigenvalue weighted by Crippen LogP contribution is -2.40. The largest absolute Gasteiger partial charge is 0.490 e. The summed E-state index contributed by atoms with van der Waals surface area (Å²) in [7, 11) is 0. The zero-order chi connectivity index (χ0) is 27.8. The summed E-state index contributed by atoms with van der Waals surface area (Å²) in [5.74, 6) is -4.24. The van der Waals surface area contributed by atoms with Crippen LogP contribution in [0.25, 0.3) is 0 Å². The summed E-state index contributed by atoms with van der Waals surface area (Å²) in [5, 5.41) is 21.7. The molecule has 1 saturated carbocycles. The Morgan fingerprint density at radius 3 is 1.97 bits per heavy atom. The molecule has 17 heteroatoms. The number of aromatic nitrogens is 4. The molecule has 1 atom stereocenters. The predicted octanol–water partition coefficient (Wildman–Crippen LogP) is 2.10. The van der Waals surface area contributed by atoms with Gasteiger partial charge in [-0.2, -0.15) is 31.4 Å². The predicted molar refractivity (Wildman–Crippen MR) is 112 cm³/mol. The third kappa shape index (κ3) is 9.92. The first-order chi connectivity index (χ1) is 17.2. The molecule has 2 aromatic heterocycles. The molecule has 0 saturated heterocycles. The summed E-state index contributed by atoms with van der Waals surface area (Å²) < 4.78 is 65.4. The minimum absolute atomic E-state index is 0.0983. The van der Waals surface area contributed by atoms with Gasteiger partial charge in [0, 0.05) is 31.7 Å². The van der Waals surface area contributed by atoms with Gasteiger partial charge in [-0.15, -0.1) is 0 Å². The van der Waals surface area contributed by atoms with Crippen molar-refractivity contribution in [1.29, 1.82) is 0 Å². The molecule has 204 valence electrons. The van der Waals surface area contributed by atoms with Crippen LogP contribution in [0.15, 0.2) is 30.7 Å². The fourth-order valence-electron chi connectivity index (χ4n) is 2.94. The number of carbonyl (C=O) groups excluding carboxylic acids is 1. The Balaban J connectivity index is 0.000000286. The molecule has 1 fully saturated rings. The van der Waals surface area contributed by atoms with Gasteiger partial charge in [-0.3, -0.25) is 9.48 Å². The number of aliphatic carboxylic acids is 2. The Bertz CT molecular complexity index is 1030. The maximum absolute atomic E-state index is 12.6. The molecule has 3 N–H and O–H groups in total. The number of amides is 1. The second kappa shape index (κ2) is 12.4. The highest BCUT2D eigenvalue weighted by molar-refractivity contribution is 5.79. The van der Waals surface area contributed by atoms with Gasteiger partial charge in [0.15, 0.2) is 0 Å². The molecule has 1 amide bonds. The van der Waals surface area contributed by atoms with E-state index in [0.717, 1.165) is 12.2 Å². The topological polar surface area (TPSA) is 151 Å². The molecule has 0 radical (unpaired) electrons. The van der Waals surface area contributed by atoms with E-state index >= 15 is 0 Å². The van der Waals surface area contributed by atoms with Gasteiger partial charge in [-0.1, -0.05) is 0 Å². The van der Waals surface area contributed by atoms with Gasteiger partial charge in [0.1, 0.15) is 0 Å². The lowest BCUT2D eigenvalue weighted by molar-refractivity contribution is -0.193. The van der Waals surface area contributed by atoms with Crippen molar-refractivity contribution in [3.63, 3.8) is 0 Å². The summed E-state index contributed by atoms with van der Waals surface area (Å²) in [6.45, 7) is 2.66. The van der Waals surface area contributed by atoms with Crippen LogP contribution in [0.5, 0.6) is 0 Å². The van der Waals surface area contributed by atoms with E-state index in [1.165, 1.54) is 12.8 Å². The minimum atomic E-state index is -5.08. The fraction of sp³-hybridized carbons (Fsp3) is 0.500. The molecule has 4 rings (SSSR count). The van der Waals surface area contributed by atoms with Crippen LogP contribution >= 0.6 is 0 Å². The van der Waals surface area contributed by atoms with Crippen LogP contribution in [0.4, 0.5) is 32.3 Å². The van der Waals surface area contributed by atoms with E-state index in [1.807, 2.05) is 10.7 Å². The zero-order valence-electron chi connectivity index (χ0n) is 18.9. The van der Waals surface area contributed by atoms with Gasteiger partial charge in [0.25, 0.3) is 0 Å². The maximum Gasteiger partial charge on any atom is 0.490 e. The van der Waals surface area contributed by atoms with Gasteiger partial charge in [0.05, 0.1) is 24.7 Å². The average molecular weight is 540 g/mol. The van der Waals surface area contributed by atoms with Crippen molar-refractivity contribution in [1.82, 2.24) is 25.1 Å². The van der Waals surface area contributed by atoms with Crippen molar-refractivity contribution < 1.29 is 50.9 Å². The van der Waals surface area contributed by atoms with Crippen molar-refractivity contribution in [3.05, 3.63) is 36.4 Å². The summed E-state index contributed by atoms with van der Waals surface area (Å²) in [5.41, 5.74) is 1.08. The quantitative estimate of drug-likeness (QED) is 0.496. The molecule has 0 spiro atoms. The molecule has 1 aliphatic carbocycles. The highest BCUT2D eigenvalue weighted by Crippen LogP contribution is 2.28. The van der Waals surface area contributed by atoms with E-state index in [2.05, 4.69) is 25.3 Å². The monoisotopic (exact) mass is 540 g/mol. The second-order valence-corrected chi connectivity index (χ2v) is 7.93. The van der Waals surface area contributed by atoms with E-state index in [1.54, 1.807) is 24.7 Å². The minimum Gasteiger partial charge on any atom is -0.475 e. The normalized spacial score (nSPS) is 17.1. The molecule has 11 nitrogen and oxygen atoms in total. The SMILES string of the molecule is O=C(NCC1CC1)C1CN(c2ncccn2)Cc2ccnn2C1.O=C(O)C(F)(F)F.O=C(O)C(F)(F)F. The number of halogens is 6. The zero-order valence-corrected chi connectivity index (χ0v) is 18.9. The van der Waals surface area contributed by atoms with Crippen molar-refractivity contribution in [3.8, 4) is 0 Å². The van der Waals surface area contributed by atoms with Crippen molar-refractivity contribution in [2.45, 2.75) is 38.3 Å². The van der Waals surface area contributed by atoms with E-state index in [0.29, 0.717) is 31.5 Å². The van der Waals surface area contributed by atoms with Gasteiger partial charge in [-0.05, 0) is 30.9 Å². The van der Waals surface area contributed by atoms with Crippen LogP contribution in [0.3, 0.4) is 0 Å². The number of carboxylic acid groups (broad SMARTS) is 2. The lowest BCUT2D eigenvalue weighted by atomic mass is 10.1. The second-order valence-electron chi connectivity index (χ2n) is 7.93. The standard InChI is InChI=1S/C16H20N6O.2C2HF3O2/c23-15(19-8-12-2-3-12)13-9-21(16-17-5-1-6-18-16)11-14-4-7-20-22(14)10-13;2*3-2(4,5)1(6)7/h1,4-7,12-13H,2-3,8-11H2,(H,19,23);2*(H,6,7). The van der Waals surface area contributed by atoms with Crippen molar-refractivity contribution in [2.75, 3.05) is 18.0 Å². The fourth-order valence-corrected chi connectivity index (χ4v) is 2.94. The molecule has 2 aliphatic rings. The first-order valence-corrected chi connectivity index (χ1v) is 10.6. The first-order valence-electron chi connectivity index (χ1n) is 10.6. The number of alkyl halides is 6. The van der Waals surface area contributed by atoms with E-state index in [4.69, 9.17) is 19.8 Å². The number of hydrogen-bond acceptors (Lipinski definition) is 7. The van der Waals surface area contributed by atoms with Crippen LogP contribution in [0.1, 0.15) is 18.5 Å². The Kier molecular flexibility index (Phi) is 9.79. The molecule has 2 aromatic rings. The van der Waals surface area contributed by atoms with Crippen molar-refractivity contribution in [2.24, 2.45) is 11.8 Å². The smallest absolute Gasteiger partial charge is 0.475 e. The Labute approximate surface area is 205 Å². The van der Waals surface area contributed by atoms with Gasteiger partial charge in [0.2, 0.25) is 11.9 Å². The van der Waals surface area contributed by atoms with E-state index in [-0.39, 0.29) is 11.8 Å². The van der Waals surface area contributed by atoms with Crippen LogP contribution in [-0.2, 0) is 27.5 Å². The summed E-state index contributed by atoms with van der Waals surface area (Å²) in [4.78, 5) is 41.1. The van der Waals surface area contributed by atoms with E-state index in [9.17, 15) is 31.1 Å². The van der Waals surface area contributed by atoms with Gasteiger partial charge < -0.3 is 20.4 Å². The molecule has 1 unspecified atom stereocenters. The number of hydrogen-bond donors (Lipinski definition) is 3. The number of nitrogens with one attached hydrogen (secondary N) is 1. The van der Waals surface area contributed by atoms with Crippen LogP contribution < -0.4 is 10.2 Å². The molecule has 1 aliphatic heterocycles. The Morgan fingerprint density at radius 1 is 0.946 bits per heavy atom. The molecule has 0 bridgehead atoms. The number of carbonyl (C=O) groups is 3. The number of nitrogens with zero attached hydrogens (tertiary/aromatic N) is 5. The molecule has 37 heavy (non-hydrogen) atoms. The summed E-state index contributed by atoms with van der Waals surface area (Å²) in [6, 6.07) is 3.78. The first kappa shape index (κ1) is 29.3. The average Bonchev–Trinajstić information content (AvgIpc) is 3.58. The van der Waals surface area contributed by atoms with Gasteiger partial charge >= 0.3 is 24.3 Å². The lowest BCUT2D eigenvalue weighted by Gasteiger charge is -2.23. The highest BCUT2D eigenvalue weighted by atomic mass is 19.4. The third-order valence-electron chi connectivity index (χ3n) is 4.94.